The van der Waals surface area contributed by atoms with E-state index in [1.807, 2.05) is 36.1 Å². The van der Waals surface area contributed by atoms with E-state index < -0.39 is 34.9 Å². The number of nitrogens with zero attached hydrogens (tertiary/aromatic N) is 4. The van der Waals surface area contributed by atoms with Gasteiger partial charge in [0.25, 0.3) is 11.8 Å². The number of aryl methyl sites for hydroxylation is 1. The summed E-state index contributed by atoms with van der Waals surface area (Å²) in [4.78, 5) is 43.2. The summed E-state index contributed by atoms with van der Waals surface area (Å²) in [6, 6.07) is 2.85. The Kier molecular flexibility index (Phi) is 6.90. The molecule has 11 nitrogen and oxygen atoms in total. The van der Waals surface area contributed by atoms with Crippen molar-refractivity contribution < 1.29 is 29.3 Å². The molecule has 0 radical (unpaired) electrons. The Labute approximate surface area is 206 Å². The summed E-state index contributed by atoms with van der Waals surface area (Å²) in [5, 5.41) is 29.3. The van der Waals surface area contributed by atoms with E-state index in [9.17, 15) is 24.7 Å². The van der Waals surface area contributed by atoms with E-state index in [-0.39, 0.29) is 16.5 Å². The molecule has 34 heavy (non-hydrogen) atoms. The number of carbonyl (C=O) groups excluding carboxylic acids is 3. The molecule has 0 saturated carbocycles. The summed E-state index contributed by atoms with van der Waals surface area (Å²) in [6.07, 6.45) is 5.44. The van der Waals surface area contributed by atoms with Crippen molar-refractivity contribution in [1.29, 1.82) is 0 Å². The molecule has 4 heterocycles. The fraction of sp³-hybridized carbons (Fsp3) is 0.200. The Balaban J connectivity index is 1.47. The number of anilines is 1. The van der Waals surface area contributed by atoms with Crippen LogP contribution in [0.4, 0.5) is 5.13 Å². The van der Waals surface area contributed by atoms with Crippen LogP contribution in [0.1, 0.15) is 5.69 Å². The first-order chi connectivity index (χ1) is 16.3. The van der Waals surface area contributed by atoms with Crippen molar-refractivity contribution in [2.45, 2.75) is 16.3 Å². The molecule has 176 valence electrons. The minimum absolute atomic E-state index is 0.0647. The van der Waals surface area contributed by atoms with Crippen molar-refractivity contribution in [3.63, 3.8) is 0 Å². The Morgan fingerprint density at radius 1 is 1.44 bits per heavy atom. The third-order valence-electron chi connectivity index (χ3n) is 4.98. The number of oxime groups is 1. The molecule has 1 saturated heterocycles. The minimum Gasteiger partial charge on any atom is -0.543 e. The van der Waals surface area contributed by atoms with Gasteiger partial charge in [-0.15, -0.1) is 23.1 Å². The molecule has 4 N–H and O–H groups in total. The summed E-state index contributed by atoms with van der Waals surface area (Å²) in [5.74, 6) is -2.61. The maximum Gasteiger partial charge on any atom is 0.276 e. The second kappa shape index (κ2) is 9.87. The monoisotopic (exact) mass is 518 g/mol. The summed E-state index contributed by atoms with van der Waals surface area (Å²) in [6.45, 7) is 0. The molecular formula is C20H18N6O5S3. The zero-order valence-electron chi connectivity index (χ0n) is 17.6. The van der Waals surface area contributed by atoms with Crippen LogP contribution in [0, 0.1) is 0 Å². The largest absolute Gasteiger partial charge is 0.543 e. The molecular weight excluding hydrogens is 500 g/mol. The number of nitrogens with one attached hydrogen (secondary N) is 1. The lowest BCUT2D eigenvalue weighted by Gasteiger charge is -2.50. The maximum atomic E-state index is 12.8. The number of carbonyl (C=O) groups is 3. The number of allylic oxidation sites excluding steroid dienone is 1. The summed E-state index contributed by atoms with van der Waals surface area (Å²) in [5.41, 5.74) is 5.43. The molecule has 2 amide bonds. The molecule has 0 bridgehead atoms. The molecule has 1 fully saturated rings. The van der Waals surface area contributed by atoms with E-state index in [4.69, 9.17) is 5.73 Å². The first kappa shape index (κ1) is 23.8. The van der Waals surface area contributed by atoms with Gasteiger partial charge in [0.15, 0.2) is 23.2 Å². The highest BCUT2D eigenvalue weighted by Crippen LogP contribution is 2.40. The number of aliphatic carboxylic acids is 1. The number of carboxylic acid groups (broad SMARTS) is 1. The summed E-state index contributed by atoms with van der Waals surface area (Å²) in [7, 11) is 1.91. The number of rotatable bonds is 7. The quantitative estimate of drug-likeness (QED) is 0.109. The molecule has 2 aliphatic heterocycles. The molecule has 14 heteroatoms. The molecule has 0 aliphatic carbocycles. The van der Waals surface area contributed by atoms with Crippen molar-refractivity contribution in [3.8, 4) is 0 Å². The average Bonchev–Trinajstić information content (AvgIpc) is 3.24. The molecule has 2 atom stereocenters. The number of nitrogens with two attached hydrogens (primary N) is 1. The van der Waals surface area contributed by atoms with Gasteiger partial charge in [-0.1, -0.05) is 16.9 Å². The van der Waals surface area contributed by atoms with Gasteiger partial charge in [0.1, 0.15) is 24.2 Å². The predicted molar refractivity (Wildman–Crippen MR) is 125 cm³/mol. The van der Waals surface area contributed by atoms with Crippen molar-refractivity contribution in [3.05, 3.63) is 58.4 Å². The van der Waals surface area contributed by atoms with Gasteiger partial charge in [0.2, 0.25) is 0 Å². The SMILES string of the molecule is C[n+]1ccc(S/C=C/C2=C(C(=O)[O-])N3C(=O)[C@@H](NC(=O)/C(=N/O)c4csc(N)n4)[C@H]3SC2)cc1. The number of pyridine rings is 1. The van der Waals surface area contributed by atoms with Gasteiger partial charge in [-0.2, -0.15) is 0 Å². The van der Waals surface area contributed by atoms with Crippen molar-refractivity contribution in [2.75, 3.05) is 11.5 Å². The van der Waals surface area contributed by atoms with Crippen LogP contribution in [0.3, 0.4) is 0 Å². The van der Waals surface area contributed by atoms with Gasteiger partial charge >= 0.3 is 0 Å². The number of β-lactam (4-membered cyclic amide) rings is 1. The standard InChI is InChI=1S/C20H18N6O5S3/c1-25-5-2-11(3-6-25)32-7-4-10-8-33-18-14(17(28)26(18)15(10)19(29)30)23-16(27)13(24-31)12-9-34-20(21)22-12/h2-7,9,14,18H,8H2,1H3,(H4-,21,22,23,27,29,30,31)/b7-4+/t14-,18-/m1/s1. The molecule has 0 spiro atoms. The Bertz CT molecular complexity index is 1240. The van der Waals surface area contributed by atoms with Crippen molar-refractivity contribution in [1.82, 2.24) is 15.2 Å². The lowest BCUT2D eigenvalue weighted by atomic mass is 10.0. The normalized spacial score (nSPS) is 20.3. The number of hydrogen-bond acceptors (Lipinski definition) is 11. The number of amides is 2. The minimum atomic E-state index is -1.48. The Morgan fingerprint density at radius 2 is 2.18 bits per heavy atom. The van der Waals surface area contributed by atoms with Gasteiger partial charge < -0.3 is 26.2 Å². The second-order valence-electron chi connectivity index (χ2n) is 7.16. The summed E-state index contributed by atoms with van der Waals surface area (Å²) >= 11 is 3.77. The highest BCUT2D eigenvalue weighted by Gasteiger charge is 2.53. The molecule has 0 aromatic carbocycles. The van der Waals surface area contributed by atoms with Crippen LogP contribution in [0.25, 0.3) is 0 Å². The number of thioether (sulfide) groups is 2. The average molecular weight is 519 g/mol. The fourth-order valence-corrected chi connectivity index (χ4v) is 5.87. The highest BCUT2D eigenvalue weighted by atomic mass is 32.2. The number of fused-ring (bicyclic) bond motifs is 1. The molecule has 2 aromatic heterocycles. The first-order valence-electron chi connectivity index (χ1n) is 9.72. The van der Waals surface area contributed by atoms with Crippen LogP contribution >= 0.6 is 34.9 Å². The Morgan fingerprint density at radius 3 is 2.79 bits per heavy atom. The van der Waals surface area contributed by atoms with Gasteiger partial charge in [0, 0.05) is 28.2 Å². The van der Waals surface area contributed by atoms with E-state index in [1.54, 1.807) is 11.5 Å². The van der Waals surface area contributed by atoms with E-state index in [0.29, 0.717) is 11.3 Å². The topological polar surface area (TPSA) is 165 Å². The molecule has 2 aliphatic rings. The first-order valence-corrected chi connectivity index (χ1v) is 12.5. The third-order valence-corrected chi connectivity index (χ3v) is 7.77. The number of carboxylic acids is 1. The van der Waals surface area contributed by atoms with Gasteiger partial charge in [-0.25, -0.2) is 9.55 Å². The lowest BCUT2D eigenvalue weighted by molar-refractivity contribution is -0.671. The van der Waals surface area contributed by atoms with Gasteiger partial charge in [-0.05, 0) is 17.1 Å². The number of nitrogen functional groups attached to an aromatic ring is 1. The number of hydrogen-bond donors (Lipinski definition) is 3. The smallest absolute Gasteiger partial charge is 0.276 e. The van der Waals surface area contributed by atoms with Crippen LogP contribution in [-0.4, -0.2) is 55.8 Å². The van der Waals surface area contributed by atoms with Crippen LogP contribution in [0.2, 0.25) is 0 Å². The molecule has 0 unspecified atom stereocenters. The highest BCUT2D eigenvalue weighted by molar-refractivity contribution is 8.02. The van der Waals surface area contributed by atoms with Gasteiger partial charge in [-0.3, -0.25) is 14.5 Å². The van der Waals surface area contributed by atoms with Crippen LogP contribution in [0.15, 0.2) is 62.7 Å². The molecule has 4 rings (SSSR count). The van der Waals surface area contributed by atoms with Crippen molar-refractivity contribution >= 4 is 63.5 Å². The summed E-state index contributed by atoms with van der Waals surface area (Å²) < 4.78 is 1.90. The van der Waals surface area contributed by atoms with Crippen LogP contribution < -0.4 is 20.7 Å². The molecule has 2 aromatic rings. The zero-order chi connectivity index (χ0) is 24.4. The van der Waals surface area contributed by atoms with E-state index >= 15 is 0 Å². The van der Waals surface area contributed by atoms with Crippen molar-refractivity contribution in [2.24, 2.45) is 12.2 Å². The maximum absolute atomic E-state index is 12.8. The van der Waals surface area contributed by atoms with E-state index in [1.165, 1.54) is 28.9 Å². The second-order valence-corrected chi connectivity index (χ2v) is 10.1. The van der Waals surface area contributed by atoms with E-state index in [2.05, 4.69) is 15.5 Å². The fourth-order valence-electron chi connectivity index (χ4n) is 3.34. The lowest BCUT2D eigenvalue weighted by Crippen LogP contribution is -2.71. The van der Waals surface area contributed by atoms with Gasteiger partial charge in [0.05, 0.1) is 11.7 Å². The van der Waals surface area contributed by atoms with Crippen LogP contribution in [-0.2, 0) is 21.4 Å². The zero-order valence-corrected chi connectivity index (χ0v) is 20.0. The van der Waals surface area contributed by atoms with E-state index in [0.717, 1.165) is 21.1 Å². The number of aromatic nitrogens is 2. The number of thiazole rings is 1. The van der Waals surface area contributed by atoms with Crippen LogP contribution in [0.5, 0.6) is 0 Å². The third kappa shape index (κ3) is 4.64. The predicted octanol–water partition coefficient (Wildman–Crippen LogP) is -0.562. The Hall–Kier alpha value is -3.36.